The van der Waals surface area contributed by atoms with Gasteiger partial charge in [0.15, 0.2) is 0 Å². The first-order chi connectivity index (χ1) is 9.65. The van der Waals surface area contributed by atoms with Crippen LogP contribution in [0.3, 0.4) is 0 Å². The van der Waals surface area contributed by atoms with E-state index in [9.17, 15) is 4.79 Å². The first-order valence-electron chi connectivity index (χ1n) is 7.14. The first-order valence-corrected chi connectivity index (χ1v) is 7.14. The number of carbonyl (C=O) groups is 1. The standard InChI is InChI=1S/C18H19NO/c1-12(2)14-9-7-13(8-10-14)11-16-15-5-3-4-6-17(15)19-18(16)20/h3-10,12,16H,11H2,1-2H3,(H,19,20)/t16-/m1/s1. The van der Waals surface area contributed by atoms with E-state index in [0.29, 0.717) is 5.92 Å². The molecular weight excluding hydrogens is 246 g/mol. The molecule has 0 aromatic heterocycles. The molecule has 1 heterocycles. The zero-order valence-electron chi connectivity index (χ0n) is 11.9. The van der Waals surface area contributed by atoms with Gasteiger partial charge in [0.2, 0.25) is 5.91 Å². The zero-order valence-corrected chi connectivity index (χ0v) is 11.9. The molecule has 3 rings (SSSR count). The maximum atomic E-state index is 12.1. The van der Waals surface area contributed by atoms with Gasteiger partial charge in [-0.15, -0.1) is 0 Å². The third kappa shape index (κ3) is 2.34. The number of nitrogens with one attached hydrogen (secondary N) is 1. The highest BCUT2D eigenvalue weighted by Gasteiger charge is 2.29. The molecule has 0 unspecified atom stereocenters. The fourth-order valence-corrected chi connectivity index (χ4v) is 2.75. The van der Waals surface area contributed by atoms with Gasteiger partial charge >= 0.3 is 0 Å². The van der Waals surface area contributed by atoms with Crippen molar-refractivity contribution in [3.8, 4) is 0 Å². The van der Waals surface area contributed by atoms with E-state index in [2.05, 4.69) is 43.4 Å². The average molecular weight is 265 g/mol. The van der Waals surface area contributed by atoms with Crippen molar-refractivity contribution in [3.63, 3.8) is 0 Å². The first kappa shape index (κ1) is 12.9. The topological polar surface area (TPSA) is 29.1 Å². The normalized spacial score (nSPS) is 17.1. The van der Waals surface area contributed by atoms with Crippen LogP contribution in [0.5, 0.6) is 0 Å². The van der Waals surface area contributed by atoms with Crippen molar-refractivity contribution < 1.29 is 4.79 Å². The van der Waals surface area contributed by atoms with E-state index in [4.69, 9.17) is 0 Å². The molecule has 0 saturated carbocycles. The van der Waals surface area contributed by atoms with Gasteiger partial charge in [0.1, 0.15) is 0 Å². The van der Waals surface area contributed by atoms with Gasteiger partial charge in [-0.1, -0.05) is 56.3 Å². The van der Waals surface area contributed by atoms with Crippen LogP contribution in [0.15, 0.2) is 48.5 Å². The minimum atomic E-state index is -0.0592. The number of amides is 1. The Kier molecular flexibility index (Phi) is 3.31. The van der Waals surface area contributed by atoms with Gasteiger partial charge in [-0.3, -0.25) is 4.79 Å². The smallest absolute Gasteiger partial charge is 0.232 e. The second-order valence-corrected chi connectivity index (χ2v) is 5.73. The zero-order chi connectivity index (χ0) is 14.1. The second kappa shape index (κ2) is 5.12. The summed E-state index contributed by atoms with van der Waals surface area (Å²) in [6.45, 7) is 4.38. The number of para-hydroxylation sites is 1. The Balaban J connectivity index is 1.83. The quantitative estimate of drug-likeness (QED) is 0.889. The maximum Gasteiger partial charge on any atom is 0.232 e. The monoisotopic (exact) mass is 265 g/mol. The highest BCUT2D eigenvalue weighted by atomic mass is 16.2. The lowest BCUT2D eigenvalue weighted by molar-refractivity contribution is -0.117. The number of fused-ring (bicyclic) bond motifs is 1. The summed E-state index contributed by atoms with van der Waals surface area (Å²) in [4.78, 5) is 12.1. The Morgan fingerprint density at radius 2 is 1.75 bits per heavy atom. The molecule has 2 aromatic rings. The number of benzene rings is 2. The largest absolute Gasteiger partial charge is 0.325 e. The molecule has 2 heteroatoms. The van der Waals surface area contributed by atoms with E-state index < -0.39 is 0 Å². The van der Waals surface area contributed by atoms with Crippen molar-refractivity contribution in [2.24, 2.45) is 0 Å². The predicted molar refractivity (Wildman–Crippen MR) is 82.0 cm³/mol. The summed E-state index contributed by atoms with van der Waals surface area (Å²) in [7, 11) is 0. The van der Waals surface area contributed by atoms with Gasteiger partial charge < -0.3 is 5.32 Å². The van der Waals surface area contributed by atoms with E-state index in [0.717, 1.165) is 17.7 Å². The lowest BCUT2D eigenvalue weighted by atomic mass is 9.92. The second-order valence-electron chi connectivity index (χ2n) is 5.73. The maximum absolute atomic E-state index is 12.1. The van der Waals surface area contributed by atoms with Crippen LogP contribution in [-0.2, 0) is 11.2 Å². The van der Waals surface area contributed by atoms with Crippen LogP contribution in [0.2, 0.25) is 0 Å². The summed E-state index contributed by atoms with van der Waals surface area (Å²) >= 11 is 0. The van der Waals surface area contributed by atoms with Crippen LogP contribution in [0, 0.1) is 0 Å². The minimum Gasteiger partial charge on any atom is -0.325 e. The van der Waals surface area contributed by atoms with Gasteiger partial charge in [0.25, 0.3) is 0 Å². The molecule has 1 aliphatic rings. The Labute approximate surface area is 119 Å². The van der Waals surface area contributed by atoms with Crippen LogP contribution >= 0.6 is 0 Å². The molecule has 1 aliphatic heterocycles. The van der Waals surface area contributed by atoms with Crippen molar-refractivity contribution in [2.75, 3.05) is 5.32 Å². The number of hydrogen-bond acceptors (Lipinski definition) is 1. The summed E-state index contributed by atoms with van der Waals surface area (Å²) < 4.78 is 0. The number of anilines is 1. The molecule has 0 spiro atoms. The molecule has 0 aliphatic carbocycles. The lowest BCUT2D eigenvalue weighted by Gasteiger charge is -2.10. The van der Waals surface area contributed by atoms with Crippen molar-refractivity contribution in [3.05, 3.63) is 65.2 Å². The van der Waals surface area contributed by atoms with Crippen LogP contribution in [0.25, 0.3) is 0 Å². The Morgan fingerprint density at radius 1 is 1.05 bits per heavy atom. The van der Waals surface area contributed by atoms with Gasteiger partial charge in [0, 0.05) is 5.69 Å². The summed E-state index contributed by atoms with van der Waals surface area (Å²) in [5, 5.41) is 2.96. The van der Waals surface area contributed by atoms with Gasteiger partial charge in [-0.25, -0.2) is 0 Å². The van der Waals surface area contributed by atoms with Gasteiger partial charge in [-0.05, 0) is 35.1 Å². The van der Waals surface area contributed by atoms with E-state index in [1.54, 1.807) is 0 Å². The molecular formula is C18H19NO. The van der Waals surface area contributed by atoms with Gasteiger partial charge in [-0.2, -0.15) is 0 Å². The molecule has 0 bridgehead atoms. The minimum absolute atomic E-state index is 0.0592. The van der Waals surface area contributed by atoms with Crippen molar-refractivity contribution in [1.82, 2.24) is 0 Å². The summed E-state index contributed by atoms with van der Waals surface area (Å²) in [5.74, 6) is 0.592. The third-order valence-electron chi connectivity index (χ3n) is 4.00. The van der Waals surface area contributed by atoms with Crippen LogP contribution < -0.4 is 5.32 Å². The average Bonchev–Trinajstić information content (AvgIpc) is 2.76. The predicted octanol–water partition coefficient (Wildman–Crippen LogP) is 4.09. The molecule has 1 amide bonds. The number of hydrogen-bond donors (Lipinski definition) is 1. The van der Waals surface area contributed by atoms with Gasteiger partial charge in [0.05, 0.1) is 5.92 Å². The SMILES string of the molecule is CC(C)c1ccc(C[C@H]2C(=O)Nc3ccccc32)cc1. The fraction of sp³-hybridized carbons (Fsp3) is 0.278. The Hall–Kier alpha value is -2.09. The molecule has 1 N–H and O–H groups in total. The van der Waals surface area contributed by atoms with Crippen LogP contribution in [-0.4, -0.2) is 5.91 Å². The molecule has 2 nitrogen and oxygen atoms in total. The Bertz CT molecular complexity index is 628. The molecule has 102 valence electrons. The Morgan fingerprint density at radius 3 is 2.45 bits per heavy atom. The highest BCUT2D eigenvalue weighted by Crippen LogP contribution is 2.34. The number of rotatable bonds is 3. The molecule has 1 atom stereocenters. The lowest BCUT2D eigenvalue weighted by Crippen LogP contribution is -2.14. The van der Waals surface area contributed by atoms with Crippen molar-refractivity contribution in [2.45, 2.75) is 32.1 Å². The van der Waals surface area contributed by atoms with E-state index in [-0.39, 0.29) is 11.8 Å². The van der Waals surface area contributed by atoms with E-state index in [1.807, 2.05) is 24.3 Å². The third-order valence-corrected chi connectivity index (χ3v) is 4.00. The number of carbonyl (C=O) groups excluding carboxylic acids is 1. The fourth-order valence-electron chi connectivity index (χ4n) is 2.75. The summed E-state index contributed by atoms with van der Waals surface area (Å²) in [6, 6.07) is 16.6. The molecule has 2 aromatic carbocycles. The molecule has 20 heavy (non-hydrogen) atoms. The molecule has 0 radical (unpaired) electrons. The highest BCUT2D eigenvalue weighted by molar-refractivity contribution is 6.03. The van der Waals surface area contributed by atoms with Crippen molar-refractivity contribution >= 4 is 11.6 Å². The molecule has 0 saturated heterocycles. The van der Waals surface area contributed by atoms with Crippen molar-refractivity contribution in [1.29, 1.82) is 0 Å². The van der Waals surface area contributed by atoms with Crippen LogP contribution in [0.4, 0.5) is 5.69 Å². The van der Waals surface area contributed by atoms with Crippen LogP contribution in [0.1, 0.15) is 42.4 Å². The van der Waals surface area contributed by atoms with E-state index in [1.165, 1.54) is 11.1 Å². The van der Waals surface area contributed by atoms with E-state index >= 15 is 0 Å². The summed E-state index contributed by atoms with van der Waals surface area (Å²) in [5.41, 5.74) is 4.63. The molecule has 0 fully saturated rings. The summed E-state index contributed by atoms with van der Waals surface area (Å²) in [6.07, 6.45) is 0.765.